The molecule has 0 spiro atoms. The zero-order valence-corrected chi connectivity index (χ0v) is 12.3. The van der Waals surface area contributed by atoms with Gasteiger partial charge in [0.1, 0.15) is 6.33 Å². The van der Waals surface area contributed by atoms with Gasteiger partial charge in [0.05, 0.1) is 0 Å². The Balaban J connectivity index is 2.47. The molecule has 0 bridgehead atoms. The second-order valence-electron chi connectivity index (χ2n) is 5.25. The molecular weight excluding hydrogens is 220 g/mol. The average Bonchev–Trinajstić information content (AvgIpc) is 2.38. The average molecular weight is 248 g/mol. The van der Waals surface area contributed by atoms with Crippen molar-refractivity contribution in [3.8, 4) is 0 Å². The molecule has 1 atom stereocenters. The van der Waals surface area contributed by atoms with Gasteiger partial charge in [0.15, 0.2) is 0 Å². The van der Waals surface area contributed by atoms with Crippen molar-refractivity contribution >= 4 is 0 Å². The maximum atomic E-state index is 4.33. The van der Waals surface area contributed by atoms with Crippen LogP contribution in [0.1, 0.15) is 82.4 Å². The molecule has 0 aliphatic rings. The summed E-state index contributed by atoms with van der Waals surface area (Å²) in [4.78, 5) is 8.52. The number of unbranched alkanes of at least 4 members (excludes halogenated alkanes) is 4. The second kappa shape index (κ2) is 9.07. The maximum Gasteiger partial charge on any atom is 0.115 e. The summed E-state index contributed by atoms with van der Waals surface area (Å²) >= 11 is 0. The first-order chi connectivity index (χ1) is 8.79. The zero-order chi connectivity index (χ0) is 13.2. The highest BCUT2D eigenvalue weighted by atomic mass is 14.8. The van der Waals surface area contributed by atoms with Crippen LogP contribution in [-0.2, 0) is 0 Å². The number of hydrogen-bond acceptors (Lipinski definition) is 2. The fourth-order valence-corrected chi connectivity index (χ4v) is 2.60. The minimum Gasteiger partial charge on any atom is -0.245 e. The smallest absolute Gasteiger partial charge is 0.115 e. The lowest BCUT2D eigenvalue weighted by Crippen LogP contribution is -2.03. The molecule has 0 saturated carbocycles. The standard InChI is InChI=1S/C16H28N2/c1-4-6-7-8-9-11-15(10-5-2)16-12-17-13-18-14(16)3/h12-13,15H,4-11H2,1-3H3. The molecule has 1 aromatic rings. The molecule has 2 nitrogen and oxygen atoms in total. The molecule has 1 rings (SSSR count). The SMILES string of the molecule is CCCCCCCC(CCC)c1cncnc1C. The molecule has 0 amide bonds. The fraction of sp³-hybridized carbons (Fsp3) is 0.750. The third kappa shape index (κ3) is 5.16. The molecule has 102 valence electrons. The molecule has 0 aromatic carbocycles. The summed E-state index contributed by atoms with van der Waals surface area (Å²) in [6.45, 7) is 6.64. The summed E-state index contributed by atoms with van der Waals surface area (Å²) in [5.74, 6) is 0.665. The van der Waals surface area contributed by atoms with Gasteiger partial charge in [0.25, 0.3) is 0 Å². The molecule has 1 aromatic heterocycles. The van der Waals surface area contributed by atoms with Gasteiger partial charge in [0, 0.05) is 11.9 Å². The van der Waals surface area contributed by atoms with E-state index in [0.29, 0.717) is 5.92 Å². The largest absolute Gasteiger partial charge is 0.245 e. The first kappa shape index (κ1) is 15.1. The lowest BCUT2D eigenvalue weighted by Gasteiger charge is -2.17. The zero-order valence-electron chi connectivity index (χ0n) is 12.3. The molecule has 1 heterocycles. The van der Waals surface area contributed by atoms with Gasteiger partial charge in [0.2, 0.25) is 0 Å². The molecule has 0 N–H and O–H groups in total. The normalized spacial score (nSPS) is 12.6. The first-order valence-electron chi connectivity index (χ1n) is 7.56. The van der Waals surface area contributed by atoms with E-state index < -0.39 is 0 Å². The van der Waals surface area contributed by atoms with Gasteiger partial charge in [-0.1, -0.05) is 52.4 Å². The summed E-state index contributed by atoms with van der Waals surface area (Å²) in [7, 11) is 0. The van der Waals surface area contributed by atoms with Crippen molar-refractivity contribution in [2.45, 2.75) is 78.1 Å². The minimum absolute atomic E-state index is 0.665. The summed E-state index contributed by atoms with van der Waals surface area (Å²) in [5.41, 5.74) is 2.53. The first-order valence-corrected chi connectivity index (χ1v) is 7.56. The lowest BCUT2D eigenvalue weighted by molar-refractivity contribution is 0.512. The van der Waals surface area contributed by atoms with Crippen molar-refractivity contribution in [1.82, 2.24) is 9.97 Å². The summed E-state index contributed by atoms with van der Waals surface area (Å²) < 4.78 is 0. The Hall–Kier alpha value is -0.920. The topological polar surface area (TPSA) is 25.8 Å². The highest BCUT2D eigenvalue weighted by molar-refractivity contribution is 5.19. The van der Waals surface area contributed by atoms with E-state index in [1.165, 1.54) is 56.9 Å². The van der Waals surface area contributed by atoms with Crippen LogP contribution in [0.4, 0.5) is 0 Å². The molecule has 0 fully saturated rings. The maximum absolute atomic E-state index is 4.33. The van der Waals surface area contributed by atoms with Gasteiger partial charge >= 0.3 is 0 Å². The summed E-state index contributed by atoms with van der Waals surface area (Å²) in [6, 6.07) is 0. The number of aryl methyl sites for hydroxylation is 1. The van der Waals surface area contributed by atoms with Crippen LogP contribution in [0.25, 0.3) is 0 Å². The van der Waals surface area contributed by atoms with Crippen LogP contribution < -0.4 is 0 Å². The van der Waals surface area contributed by atoms with E-state index in [1.807, 2.05) is 6.20 Å². The van der Waals surface area contributed by atoms with E-state index in [2.05, 4.69) is 30.7 Å². The predicted molar refractivity (Wildman–Crippen MR) is 77.8 cm³/mol. The molecule has 1 unspecified atom stereocenters. The molecule has 0 aliphatic carbocycles. The molecule has 2 heteroatoms. The quantitative estimate of drug-likeness (QED) is 0.573. The molecule has 0 radical (unpaired) electrons. The van der Waals surface area contributed by atoms with E-state index in [-0.39, 0.29) is 0 Å². The monoisotopic (exact) mass is 248 g/mol. The van der Waals surface area contributed by atoms with Gasteiger partial charge in [-0.3, -0.25) is 0 Å². The number of aromatic nitrogens is 2. The molecule has 0 aliphatic heterocycles. The van der Waals surface area contributed by atoms with E-state index in [9.17, 15) is 0 Å². The van der Waals surface area contributed by atoms with E-state index >= 15 is 0 Å². The Bertz CT molecular complexity index is 323. The highest BCUT2D eigenvalue weighted by Crippen LogP contribution is 2.28. The fourth-order valence-electron chi connectivity index (χ4n) is 2.60. The second-order valence-corrected chi connectivity index (χ2v) is 5.25. The van der Waals surface area contributed by atoms with Crippen LogP contribution in [0.2, 0.25) is 0 Å². The van der Waals surface area contributed by atoms with E-state index in [4.69, 9.17) is 0 Å². The number of hydrogen-bond donors (Lipinski definition) is 0. The van der Waals surface area contributed by atoms with Gasteiger partial charge in [-0.15, -0.1) is 0 Å². The van der Waals surface area contributed by atoms with Crippen molar-refractivity contribution < 1.29 is 0 Å². The third-order valence-corrected chi connectivity index (χ3v) is 3.68. The van der Waals surface area contributed by atoms with Crippen LogP contribution in [-0.4, -0.2) is 9.97 Å². The van der Waals surface area contributed by atoms with Crippen LogP contribution in [0.15, 0.2) is 12.5 Å². The van der Waals surface area contributed by atoms with Crippen LogP contribution in [0.3, 0.4) is 0 Å². The molecular formula is C16H28N2. The van der Waals surface area contributed by atoms with E-state index in [1.54, 1.807) is 6.33 Å². The summed E-state index contributed by atoms with van der Waals surface area (Å²) in [5, 5.41) is 0. The van der Waals surface area contributed by atoms with Crippen molar-refractivity contribution in [1.29, 1.82) is 0 Å². The van der Waals surface area contributed by atoms with Crippen LogP contribution in [0, 0.1) is 6.92 Å². The molecule has 18 heavy (non-hydrogen) atoms. The van der Waals surface area contributed by atoms with Crippen LogP contribution in [0.5, 0.6) is 0 Å². The van der Waals surface area contributed by atoms with Gasteiger partial charge < -0.3 is 0 Å². The Morgan fingerprint density at radius 2 is 1.78 bits per heavy atom. The summed E-state index contributed by atoms with van der Waals surface area (Å²) in [6.07, 6.45) is 14.3. The number of rotatable bonds is 9. The Morgan fingerprint density at radius 1 is 1.00 bits per heavy atom. The van der Waals surface area contributed by atoms with Crippen molar-refractivity contribution in [3.05, 3.63) is 23.8 Å². The van der Waals surface area contributed by atoms with Crippen LogP contribution >= 0.6 is 0 Å². The third-order valence-electron chi connectivity index (χ3n) is 3.68. The minimum atomic E-state index is 0.665. The van der Waals surface area contributed by atoms with Crippen molar-refractivity contribution in [3.63, 3.8) is 0 Å². The van der Waals surface area contributed by atoms with Crippen molar-refractivity contribution in [2.24, 2.45) is 0 Å². The van der Waals surface area contributed by atoms with Crippen molar-refractivity contribution in [2.75, 3.05) is 0 Å². The van der Waals surface area contributed by atoms with Gasteiger partial charge in [-0.25, -0.2) is 9.97 Å². The van der Waals surface area contributed by atoms with Gasteiger partial charge in [-0.2, -0.15) is 0 Å². The Labute approximate surface area is 112 Å². The Kier molecular flexibility index (Phi) is 7.63. The Morgan fingerprint density at radius 3 is 2.44 bits per heavy atom. The van der Waals surface area contributed by atoms with E-state index in [0.717, 1.165) is 5.69 Å². The lowest BCUT2D eigenvalue weighted by atomic mass is 9.89. The predicted octanol–water partition coefficient (Wildman–Crippen LogP) is 5.03. The highest BCUT2D eigenvalue weighted by Gasteiger charge is 2.13. The van der Waals surface area contributed by atoms with Gasteiger partial charge in [-0.05, 0) is 31.2 Å². The number of nitrogens with zero attached hydrogens (tertiary/aromatic N) is 2. The molecule has 0 saturated heterocycles.